The average molecular weight is 1670 g/mol. The maximum Gasteiger partial charge on any atom is 0.268 e. The second-order valence-corrected chi connectivity index (χ2v) is 36.9. The smallest absolute Gasteiger partial charge is 0.268 e. The number of methoxy groups -OCH3 is 1. The molecule has 31 heteroatoms. The molecule has 16 rings (SSSR count). The molecule has 4 fully saturated rings. The van der Waals surface area contributed by atoms with Crippen molar-refractivity contribution >= 4 is 117 Å². The zero-order chi connectivity index (χ0) is 82.9. The monoisotopic (exact) mass is 1670 g/mol. The Kier molecular flexibility index (Phi) is 26.5. The van der Waals surface area contributed by atoms with Crippen LogP contribution in [0.5, 0.6) is 0 Å². The van der Waals surface area contributed by atoms with Crippen molar-refractivity contribution in [2.75, 3.05) is 98.6 Å². The first-order valence-electron chi connectivity index (χ1n) is 39.2. The highest BCUT2D eigenvalue weighted by Crippen LogP contribution is 2.40. The van der Waals surface area contributed by atoms with Crippen molar-refractivity contribution in [1.29, 1.82) is 0 Å². The minimum absolute atomic E-state index is 0.0345. The van der Waals surface area contributed by atoms with E-state index < -0.39 is 42.2 Å². The SMILES string of the molecule is C#Cc1cc2cnc(Nc3ccc(C4CCNC(C)C4)c(F)c3)nc2n(Cc2ccncc2S(=O)(=O)C(C)C)c1=O.CN1CCSC(c2ccc(Nc3ncc4ccc(=O)n(Cc5ccc(S(C)=O)cc5)c4n3)cc2)C1.COCCS(=O)c1ccccc1Cn1c(=O)c(C2CC2)cc2cnc(Nc3ccc(N4CCNCC4C)c(F)c3)nc21. The molecule has 25 nitrogen and oxygen atoms in total. The lowest BCUT2D eigenvalue weighted by molar-refractivity contribution is 0.218. The van der Waals surface area contributed by atoms with E-state index in [1.54, 1.807) is 79.1 Å². The van der Waals surface area contributed by atoms with Crippen molar-refractivity contribution < 1.29 is 30.4 Å². The van der Waals surface area contributed by atoms with Crippen LogP contribution in [0.4, 0.5) is 49.4 Å². The molecule has 0 bridgehead atoms. The lowest BCUT2D eigenvalue weighted by atomic mass is 9.86. The molecule has 118 heavy (non-hydrogen) atoms. The number of thioether (sulfide) groups is 1. The fraction of sp³-hybridized carbons (Fsp3) is 0.333. The van der Waals surface area contributed by atoms with Crippen molar-refractivity contribution in [3.8, 4) is 12.3 Å². The fourth-order valence-electron chi connectivity index (χ4n) is 14.8. The second-order valence-electron chi connectivity index (χ2n) is 30.2. The molecule has 0 radical (unpaired) electrons. The van der Waals surface area contributed by atoms with Crippen LogP contribution < -0.4 is 48.2 Å². The van der Waals surface area contributed by atoms with Crippen LogP contribution in [0, 0.1) is 24.0 Å². The molecule has 6 unspecified atom stereocenters. The predicted molar refractivity (Wildman–Crippen MR) is 464 cm³/mol. The van der Waals surface area contributed by atoms with Crippen molar-refractivity contribution in [3.05, 3.63) is 252 Å². The number of terminal acetylenes is 1. The number of rotatable bonds is 23. The van der Waals surface area contributed by atoms with Crippen LogP contribution in [0.2, 0.25) is 0 Å². The maximum atomic E-state index is 15.2. The predicted octanol–water partition coefficient (Wildman–Crippen LogP) is 12.3. The van der Waals surface area contributed by atoms with Gasteiger partial charge in [-0.05, 0) is 192 Å². The van der Waals surface area contributed by atoms with Gasteiger partial charge in [-0.25, -0.2) is 32.2 Å². The van der Waals surface area contributed by atoms with E-state index in [2.05, 4.69) is 117 Å². The minimum atomic E-state index is -3.68. The lowest BCUT2D eigenvalue weighted by Crippen LogP contribution is -2.50. The van der Waals surface area contributed by atoms with Gasteiger partial charge in [-0.15, -0.1) is 6.42 Å². The van der Waals surface area contributed by atoms with Gasteiger partial charge in [-0.2, -0.15) is 26.7 Å². The summed E-state index contributed by atoms with van der Waals surface area (Å²) in [6.07, 6.45) is 18.6. The summed E-state index contributed by atoms with van der Waals surface area (Å²) in [5.41, 5.74) is 7.93. The van der Waals surface area contributed by atoms with Gasteiger partial charge in [0.1, 0.15) is 28.6 Å². The lowest BCUT2D eigenvalue weighted by Gasteiger charge is -2.36. The molecule has 7 aromatic heterocycles. The Balaban J connectivity index is 0.000000146. The fourth-order valence-corrected chi connectivity index (χ4v) is 19.2. The van der Waals surface area contributed by atoms with Gasteiger partial charge < -0.3 is 41.1 Å². The third-order valence-corrected chi connectivity index (χ3v) is 27.3. The topological polar surface area (TPSA) is 300 Å². The number of likely N-dealkylation sites (N-methyl/N-ethyl adjacent to an activating group) is 1. The molecule has 10 heterocycles. The number of sulfone groups is 1. The molecular formula is C87H93F2N17O8S4. The molecule has 3 saturated heterocycles. The van der Waals surface area contributed by atoms with E-state index in [1.807, 2.05) is 72.4 Å². The Labute approximate surface area is 692 Å². The van der Waals surface area contributed by atoms with Gasteiger partial charge in [0.2, 0.25) is 17.8 Å². The Morgan fingerprint density at radius 3 is 1.97 bits per heavy atom. The molecule has 12 aromatic rings. The van der Waals surface area contributed by atoms with Crippen molar-refractivity contribution in [2.24, 2.45) is 0 Å². The number of nitrogens with zero attached hydrogens (tertiary/aromatic N) is 12. The first-order valence-corrected chi connectivity index (χ1v) is 44.6. The van der Waals surface area contributed by atoms with E-state index in [0.717, 1.165) is 109 Å². The first kappa shape index (κ1) is 83.7. The zero-order valence-corrected chi connectivity index (χ0v) is 69.8. The summed E-state index contributed by atoms with van der Waals surface area (Å²) >= 11 is 2.00. The van der Waals surface area contributed by atoms with E-state index >= 15 is 8.78 Å². The number of anilines is 7. The number of ether oxygens (including phenoxy) is 1. The van der Waals surface area contributed by atoms with E-state index in [-0.39, 0.29) is 81.7 Å². The van der Waals surface area contributed by atoms with Crippen LogP contribution in [0.3, 0.4) is 0 Å². The molecule has 5 aromatic carbocycles. The maximum absolute atomic E-state index is 15.2. The minimum Gasteiger partial charge on any atom is -0.384 e. The number of benzene rings is 5. The van der Waals surface area contributed by atoms with Gasteiger partial charge in [-0.1, -0.05) is 54.5 Å². The van der Waals surface area contributed by atoms with Gasteiger partial charge in [0.25, 0.3) is 16.7 Å². The van der Waals surface area contributed by atoms with Crippen molar-refractivity contribution in [1.82, 2.24) is 64.1 Å². The number of fused-ring (bicyclic) bond motifs is 3. The van der Waals surface area contributed by atoms with Crippen LogP contribution in [-0.2, 0) is 55.8 Å². The number of hydrogen-bond acceptors (Lipinski definition) is 23. The Morgan fingerprint density at radius 2 is 1.32 bits per heavy atom. The molecule has 612 valence electrons. The largest absolute Gasteiger partial charge is 0.384 e. The molecule has 0 spiro atoms. The average Bonchev–Trinajstić information content (AvgIpc) is 1.38. The highest BCUT2D eigenvalue weighted by atomic mass is 32.2. The Hall–Kier alpha value is -10.8. The normalized spacial score (nSPS) is 17.6. The molecule has 3 aliphatic heterocycles. The molecular weight excluding hydrogens is 1580 g/mol. The summed E-state index contributed by atoms with van der Waals surface area (Å²) in [4.78, 5) is 77.0. The Morgan fingerprint density at radius 1 is 0.678 bits per heavy atom. The van der Waals surface area contributed by atoms with Gasteiger partial charge in [-0.3, -0.25) is 41.5 Å². The third kappa shape index (κ3) is 19.6. The van der Waals surface area contributed by atoms with Gasteiger partial charge in [0.15, 0.2) is 9.84 Å². The Bertz CT molecular complexity index is 6110. The number of piperidine rings is 1. The summed E-state index contributed by atoms with van der Waals surface area (Å²) in [5, 5.41) is 18.0. The molecule has 6 atom stereocenters. The molecule has 1 aliphatic carbocycles. The molecule has 5 N–H and O–H groups in total. The van der Waals surface area contributed by atoms with E-state index in [4.69, 9.17) is 16.1 Å². The van der Waals surface area contributed by atoms with E-state index in [1.165, 1.54) is 53.0 Å². The van der Waals surface area contributed by atoms with Crippen LogP contribution in [0.25, 0.3) is 33.1 Å². The number of piperazine rings is 1. The van der Waals surface area contributed by atoms with Crippen molar-refractivity contribution in [2.45, 2.75) is 122 Å². The number of nitrogens with one attached hydrogen (secondary N) is 5. The van der Waals surface area contributed by atoms with Crippen LogP contribution >= 0.6 is 11.8 Å². The summed E-state index contributed by atoms with van der Waals surface area (Å²) in [6, 6.07) is 42.1. The van der Waals surface area contributed by atoms with E-state index in [0.29, 0.717) is 85.9 Å². The number of pyridine rings is 4. The van der Waals surface area contributed by atoms with Gasteiger partial charge in [0.05, 0.1) is 64.2 Å². The van der Waals surface area contributed by atoms with Crippen LogP contribution in [0.15, 0.2) is 200 Å². The summed E-state index contributed by atoms with van der Waals surface area (Å²) < 4.78 is 90.8. The second kappa shape index (κ2) is 37.4. The molecule has 1 saturated carbocycles. The zero-order valence-electron chi connectivity index (χ0n) is 66.5. The standard InChI is InChI=1S/C31H35FN6O3S.C30H31FN6O3S.C26H27N5O2S2/c1-20-17-33-11-12-37(20)27-10-9-24(16-26(27)32)35-31-34-18-23-15-25(21-7-8-21)30(39)38(29(23)36-31)19-22-5-3-4-6-28(22)42(40)14-13-41-2;1-5-20-13-23-15-34-30(35-24-6-7-25(26(31)14-24)21-9-11-33-19(4)12-21)36-28(23)37(29(20)38)17-22-8-10-32-16-27(22)41(39,40)18(2)3;1-30-13-14-34-23(17-30)19-5-8-21(9-6-19)28-26-27-15-20-7-12-24(32)31(25(20)29-26)16-18-3-10-22(11-4-18)35(2)33/h3-6,9-10,15-16,18,20-21,33H,7-8,11-14,17,19H2,1-2H3,(H,34,35,36);1,6-8,10,13-16,18-19,21,33H,9,11-12,17H2,2-4H3,(H,34,35,36);3-12,15,23H,13-14,16-17H2,1-2H3,(H,27,28,29). The summed E-state index contributed by atoms with van der Waals surface area (Å²) in [7, 11) is -2.25. The molecule has 0 amide bonds. The highest BCUT2D eigenvalue weighted by Gasteiger charge is 2.31. The summed E-state index contributed by atoms with van der Waals surface area (Å²) in [5.74, 6) is 4.50. The summed E-state index contributed by atoms with van der Waals surface area (Å²) in [6.45, 7) is 13.6. The number of hydrogen-bond donors (Lipinski definition) is 5. The van der Waals surface area contributed by atoms with Crippen LogP contribution in [0.1, 0.15) is 109 Å². The quantitative estimate of drug-likeness (QED) is 0.0372. The molecule has 4 aliphatic rings. The first-order chi connectivity index (χ1) is 57.0. The number of aromatic nitrogens is 10. The van der Waals surface area contributed by atoms with Gasteiger partial charge >= 0.3 is 0 Å². The number of halogens is 2. The third-order valence-electron chi connectivity index (χ3n) is 21.5. The van der Waals surface area contributed by atoms with Crippen molar-refractivity contribution in [3.63, 3.8) is 0 Å². The van der Waals surface area contributed by atoms with E-state index in [9.17, 15) is 31.2 Å². The van der Waals surface area contributed by atoms with Crippen LogP contribution in [-0.4, -0.2) is 165 Å². The highest BCUT2D eigenvalue weighted by molar-refractivity contribution is 7.99. The van der Waals surface area contributed by atoms with Gasteiger partial charge in [0, 0.05) is 166 Å².